The van der Waals surface area contributed by atoms with Crippen molar-refractivity contribution in [1.29, 1.82) is 0 Å². The molecule has 0 aliphatic carbocycles. The number of nitrogens with one attached hydrogen (secondary N) is 1. The minimum atomic E-state index is 0.187. The number of hydrogen-bond acceptors (Lipinski definition) is 4. The van der Waals surface area contributed by atoms with Gasteiger partial charge in [0.05, 0.1) is 13.2 Å². The van der Waals surface area contributed by atoms with E-state index in [-0.39, 0.29) is 5.91 Å². The molecule has 1 atom stereocenters. The SMILES string of the molecule is CCN(CCCN1CCOCC1)C(=O)c1ccccc1[C@@H]1CCNC1. The number of benzene rings is 1. The molecule has 2 aliphatic heterocycles. The van der Waals surface area contributed by atoms with E-state index in [1.807, 2.05) is 17.0 Å². The molecule has 0 saturated carbocycles. The third kappa shape index (κ3) is 4.81. The lowest BCUT2D eigenvalue weighted by molar-refractivity contribution is 0.0358. The first-order chi connectivity index (χ1) is 12.3. The zero-order chi connectivity index (χ0) is 17.5. The molecule has 0 bridgehead atoms. The molecule has 0 radical (unpaired) electrons. The molecule has 1 aromatic rings. The summed E-state index contributed by atoms with van der Waals surface area (Å²) in [6, 6.07) is 8.17. The van der Waals surface area contributed by atoms with Gasteiger partial charge in [0.25, 0.3) is 5.91 Å². The minimum Gasteiger partial charge on any atom is -0.379 e. The highest BCUT2D eigenvalue weighted by Gasteiger charge is 2.24. The number of ether oxygens (including phenoxy) is 1. The third-order valence-electron chi connectivity index (χ3n) is 5.37. The Bertz CT molecular complexity index is 552. The molecule has 138 valence electrons. The average Bonchev–Trinajstić information content (AvgIpc) is 3.20. The van der Waals surface area contributed by atoms with Crippen molar-refractivity contribution in [2.45, 2.75) is 25.7 Å². The summed E-state index contributed by atoms with van der Waals surface area (Å²) < 4.78 is 5.39. The van der Waals surface area contributed by atoms with Crippen LogP contribution < -0.4 is 5.32 Å². The van der Waals surface area contributed by atoms with Crippen LogP contribution in [0.4, 0.5) is 0 Å². The Hall–Kier alpha value is -1.43. The molecule has 1 aromatic carbocycles. The van der Waals surface area contributed by atoms with Gasteiger partial charge in [0, 0.05) is 44.8 Å². The van der Waals surface area contributed by atoms with E-state index in [0.29, 0.717) is 5.92 Å². The van der Waals surface area contributed by atoms with Gasteiger partial charge < -0.3 is 15.0 Å². The summed E-state index contributed by atoms with van der Waals surface area (Å²) in [4.78, 5) is 17.5. The molecule has 2 saturated heterocycles. The van der Waals surface area contributed by atoms with Crippen LogP contribution >= 0.6 is 0 Å². The van der Waals surface area contributed by atoms with Gasteiger partial charge in [-0.1, -0.05) is 18.2 Å². The Morgan fingerprint density at radius 2 is 2.12 bits per heavy atom. The van der Waals surface area contributed by atoms with Crippen LogP contribution in [0, 0.1) is 0 Å². The van der Waals surface area contributed by atoms with Gasteiger partial charge in [0.2, 0.25) is 0 Å². The maximum Gasteiger partial charge on any atom is 0.254 e. The quantitative estimate of drug-likeness (QED) is 0.820. The highest BCUT2D eigenvalue weighted by molar-refractivity contribution is 5.96. The lowest BCUT2D eigenvalue weighted by atomic mass is 9.93. The van der Waals surface area contributed by atoms with Crippen molar-refractivity contribution in [3.63, 3.8) is 0 Å². The molecule has 0 aromatic heterocycles. The maximum absolute atomic E-state index is 13.1. The maximum atomic E-state index is 13.1. The number of rotatable bonds is 7. The van der Waals surface area contributed by atoms with Crippen molar-refractivity contribution >= 4 is 5.91 Å². The Morgan fingerprint density at radius 1 is 1.32 bits per heavy atom. The van der Waals surface area contributed by atoms with Gasteiger partial charge in [-0.25, -0.2) is 0 Å². The zero-order valence-corrected chi connectivity index (χ0v) is 15.4. The second kappa shape index (κ2) is 9.32. The number of nitrogens with zero attached hydrogens (tertiary/aromatic N) is 2. The molecule has 2 heterocycles. The fraction of sp³-hybridized carbons (Fsp3) is 0.650. The number of hydrogen-bond donors (Lipinski definition) is 1. The van der Waals surface area contributed by atoms with E-state index in [1.54, 1.807) is 0 Å². The van der Waals surface area contributed by atoms with Gasteiger partial charge in [-0.3, -0.25) is 9.69 Å². The molecule has 5 nitrogen and oxygen atoms in total. The summed E-state index contributed by atoms with van der Waals surface area (Å²) in [5.41, 5.74) is 2.11. The summed E-state index contributed by atoms with van der Waals surface area (Å²) in [6.07, 6.45) is 2.14. The van der Waals surface area contributed by atoms with Gasteiger partial charge in [-0.2, -0.15) is 0 Å². The first kappa shape index (κ1) is 18.4. The van der Waals surface area contributed by atoms with Crippen LogP contribution in [0.1, 0.15) is 41.6 Å². The average molecular weight is 345 g/mol. The highest BCUT2D eigenvalue weighted by atomic mass is 16.5. The molecule has 1 N–H and O–H groups in total. The van der Waals surface area contributed by atoms with Crippen LogP contribution in [0.3, 0.4) is 0 Å². The van der Waals surface area contributed by atoms with Crippen LogP contribution in [-0.2, 0) is 4.74 Å². The molecular formula is C20H31N3O2. The van der Waals surface area contributed by atoms with Crippen LogP contribution in [0.5, 0.6) is 0 Å². The number of carbonyl (C=O) groups excluding carboxylic acids is 1. The van der Waals surface area contributed by atoms with E-state index in [4.69, 9.17) is 4.74 Å². The Morgan fingerprint density at radius 3 is 2.84 bits per heavy atom. The highest BCUT2D eigenvalue weighted by Crippen LogP contribution is 2.26. The number of morpholine rings is 1. The largest absolute Gasteiger partial charge is 0.379 e. The van der Waals surface area contributed by atoms with Gasteiger partial charge in [0.1, 0.15) is 0 Å². The van der Waals surface area contributed by atoms with E-state index >= 15 is 0 Å². The van der Waals surface area contributed by atoms with Gasteiger partial charge in [-0.05, 0) is 43.9 Å². The first-order valence-electron chi connectivity index (χ1n) is 9.68. The monoisotopic (exact) mass is 345 g/mol. The van der Waals surface area contributed by atoms with Crippen LogP contribution in [0.15, 0.2) is 24.3 Å². The summed E-state index contributed by atoms with van der Waals surface area (Å²) in [5, 5.41) is 3.41. The first-order valence-corrected chi connectivity index (χ1v) is 9.68. The summed E-state index contributed by atoms with van der Waals surface area (Å²) in [6.45, 7) is 10.4. The van der Waals surface area contributed by atoms with E-state index < -0.39 is 0 Å². The topological polar surface area (TPSA) is 44.8 Å². The predicted molar refractivity (Wildman–Crippen MR) is 100 cm³/mol. The number of carbonyl (C=O) groups is 1. The van der Waals surface area contributed by atoms with Crippen LogP contribution in [-0.4, -0.2) is 74.7 Å². The molecule has 2 aliphatic rings. The molecule has 3 rings (SSSR count). The zero-order valence-electron chi connectivity index (χ0n) is 15.4. The van der Waals surface area contributed by atoms with E-state index in [0.717, 1.165) is 77.4 Å². The summed E-state index contributed by atoms with van der Waals surface area (Å²) in [5.74, 6) is 0.652. The molecule has 1 amide bonds. The summed E-state index contributed by atoms with van der Waals surface area (Å²) >= 11 is 0. The third-order valence-corrected chi connectivity index (χ3v) is 5.37. The van der Waals surface area contributed by atoms with Crippen molar-refractivity contribution in [2.75, 3.05) is 59.0 Å². The molecule has 0 spiro atoms. The second-order valence-electron chi connectivity index (χ2n) is 6.97. The molecule has 0 unspecified atom stereocenters. The summed E-state index contributed by atoms with van der Waals surface area (Å²) in [7, 11) is 0. The Kier molecular flexibility index (Phi) is 6.84. The van der Waals surface area contributed by atoms with E-state index in [2.05, 4.69) is 29.3 Å². The second-order valence-corrected chi connectivity index (χ2v) is 6.97. The normalized spacial score (nSPS) is 21.4. The van der Waals surface area contributed by atoms with Crippen LogP contribution in [0.2, 0.25) is 0 Å². The Balaban J connectivity index is 1.59. The van der Waals surface area contributed by atoms with Gasteiger partial charge >= 0.3 is 0 Å². The molecule has 5 heteroatoms. The lowest BCUT2D eigenvalue weighted by Crippen LogP contribution is -2.39. The molecule has 25 heavy (non-hydrogen) atoms. The van der Waals surface area contributed by atoms with E-state index in [9.17, 15) is 4.79 Å². The number of amides is 1. The van der Waals surface area contributed by atoms with Crippen molar-refractivity contribution in [3.8, 4) is 0 Å². The Labute approximate surface area is 151 Å². The fourth-order valence-electron chi connectivity index (χ4n) is 3.85. The smallest absolute Gasteiger partial charge is 0.254 e. The standard InChI is InChI=1S/C20H31N3O2/c1-2-23(11-5-10-22-12-14-25-15-13-22)20(24)19-7-4-3-6-18(19)17-8-9-21-16-17/h3-4,6-7,17,21H,2,5,8-16H2,1H3/t17-/m1/s1. The molecular weight excluding hydrogens is 314 g/mol. The van der Waals surface area contributed by atoms with Crippen molar-refractivity contribution in [1.82, 2.24) is 15.1 Å². The van der Waals surface area contributed by atoms with Crippen LogP contribution in [0.25, 0.3) is 0 Å². The van der Waals surface area contributed by atoms with Gasteiger partial charge in [0.15, 0.2) is 0 Å². The fourth-order valence-corrected chi connectivity index (χ4v) is 3.85. The van der Waals surface area contributed by atoms with Crippen molar-refractivity contribution < 1.29 is 9.53 Å². The van der Waals surface area contributed by atoms with Crippen molar-refractivity contribution in [2.24, 2.45) is 0 Å². The molecule has 2 fully saturated rings. The van der Waals surface area contributed by atoms with Crippen molar-refractivity contribution in [3.05, 3.63) is 35.4 Å². The minimum absolute atomic E-state index is 0.187. The predicted octanol–water partition coefficient (Wildman–Crippen LogP) is 1.95. The van der Waals surface area contributed by atoms with Gasteiger partial charge in [-0.15, -0.1) is 0 Å². The lowest BCUT2D eigenvalue weighted by Gasteiger charge is -2.28. The van der Waals surface area contributed by atoms with E-state index in [1.165, 1.54) is 5.56 Å².